The fourth-order valence-electron chi connectivity index (χ4n) is 9.93. The van der Waals surface area contributed by atoms with Crippen LogP contribution in [0.25, 0.3) is 12.2 Å². The summed E-state index contributed by atoms with van der Waals surface area (Å²) in [5.41, 5.74) is 4.96. The van der Waals surface area contributed by atoms with Crippen LogP contribution in [0, 0.1) is 23.7 Å². The average Bonchev–Trinajstić information content (AvgIpc) is 3.93. The van der Waals surface area contributed by atoms with Gasteiger partial charge in [-0.2, -0.15) is 5.01 Å². The van der Waals surface area contributed by atoms with E-state index in [-0.39, 0.29) is 41.1 Å². The number of furan rings is 1. The van der Waals surface area contributed by atoms with E-state index in [9.17, 15) is 19.5 Å². The first-order chi connectivity index (χ1) is 30.0. The van der Waals surface area contributed by atoms with Gasteiger partial charge in [0.1, 0.15) is 40.8 Å². The van der Waals surface area contributed by atoms with Gasteiger partial charge in [0.15, 0.2) is 0 Å². The van der Waals surface area contributed by atoms with E-state index >= 15 is 4.79 Å². The molecule has 14 heteroatoms. The van der Waals surface area contributed by atoms with Crippen LogP contribution in [0.15, 0.2) is 113 Å². The van der Waals surface area contributed by atoms with Gasteiger partial charge in [-0.05, 0) is 103 Å². The molecule has 2 aliphatic heterocycles. The monoisotopic (exact) mass is 873 g/mol. The summed E-state index contributed by atoms with van der Waals surface area (Å²) >= 11 is 12.8. The number of nitrogens with one attached hydrogen (secondary N) is 1. The zero-order valence-electron chi connectivity index (χ0n) is 33.8. The number of fused-ring (bicyclic) bond motifs is 4. The molecule has 5 aromatic rings. The Labute approximate surface area is 367 Å². The van der Waals surface area contributed by atoms with Gasteiger partial charge in [0, 0.05) is 10.6 Å². The van der Waals surface area contributed by atoms with Crippen molar-refractivity contribution in [3.8, 4) is 17.2 Å². The molecule has 2 saturated heterocycles. The Hall–Kier alpha value is -6.34. The number of nitrogens with zero attached hydrogens (tertiary/aromatic N) is 2. The van der Waals surface area contributed by atoms with Crippen molar-refractivity contribution >= 4 is 70.4 Å². The maximum atomic E-state index is 15.4. The molecule has 62 heavy (non-hydrogen) atoms. The second-order valence-electron chi connectivity index (χ2n) is 15.7. The molecule has 4 amide bonds. The van der Waals surface area contributed by atoms with Crippen molar-refractivity contribution in [1.29, 1.82) is 0 Å². The number of imide groups is 2. The van der Waals surface area contributed by atoms with Gasteiger partial charge >= 0.3 is 0 Å². The third-order valence-electron chi connectivity index (χ3n) is 12.7. The van der Waals surface area contributed by atoms with Crippen LogP contribution in [0.2, 0.25) is 10.0 Å². The number of carbonyl (C=O) groups excluding carboxylic acids is 4. The van der Waals surface area contributed by atoms with E-state index in [0.717, 1.165) is 16.1 Å². The minimum Gasteiger partial charge on any atom is -0.497 e. The van der Waals surface area contributed by atoms with Gasteiger partial charge in [-0.1, -0.05) is 71.3 Å². The fourth-order valence-corrected chi connectivity index (χ4v) is 10.4. The van der Waals surface area contributed by atoms with Crippen molar-refractivity contribution in [2.24, 2.45) is 23.7 Å². The summed E-state index contributed by atoms with van der Waals surface area (Å²) in [6, 6.07) is 27.6. The highest BCUT2D eigenvalue weighted by Crippen LogP contribution is 2.64. The van der Waals surface area contributed by atoms with E-state index in [2.05, 4.69) is 5.43 Å². The third-order valence-corrected chi connectivity index (χ3v) is 13.3. The highest BCUT2D eigenvalue weighted by molar-refractivity contribution is 6.36. The molecular weight excluding hydrogens is 833 g/mol. The largest absolute Gasteiger partial charge is 0.497 e. The Morgan fingerprint density at radius 1 is 0.806 bits per heavy atom. The molecule has 316 valence electrons. The maximum Gasteiger partial charge on any atom is 0.260 e. The first kappa shape index (κ1) is 41.0. The van der Waals surface area contributed by atoms with E-state index in [0.29, 0.717) is 44.9 Å². The number of halogens is 2. The Balaban J connectivity index is 1.11. The van der Waals surface area contributed by atoms with E-state index < -0.39 is 53.4 Å². The number of ether oxygens (including phenoxy) is 3. The summed E-state index contributed by atoms with van der Waals surface area (Å²) in [7, 11) is 4.73. The molecule has 2 aliphatic carbocycles. The predicted octanol–water partition coefficient (Wildman–Crippen LogP) is 8.46. The van der Waals surface area contributed by atoms with Gasteiger partial charge in [0.2, 0.25) is 11.8 Å². The summed E-state index contributed by atoms with van der Waals surface area (Å²) in [5, 5.41) is 11.7. The van der Waals surface area contributed by atoms with E-state index in [1.165, 1.54) is 18.1 Å². The lowest BCUT2D eigenvalue weighted by molar-refractivity contribution is -0.138. The molecule has 4 aliphatic rings. The Bertz CT molecular complexity index is 2680. The van der Waals surface area contributed by atoms with Gasteiger partial charge in [0.05, 0.1) is 61.4 Å². The van der Waals surface area contributed by atoms with E-state index in [1.54, 1.807) is 74.9 Å². The molecule has 0 bridgehead atoms. The smallest absolute Gasteiger partial charge is 0.260 e. The van der Waals surface area contributed by atoms with Gasteiger partial charge < -0.3 is 23.7 Å². The zero-order valence-corrected chi connectivity index (χ0v) is 35.4. The predicted molar refractivity (Wildman–Crippen MR) is 233 cm³/mol. The number of anilines is 2. The number of aliphatic hydroxyl groups excluding tert-OH is 1. The van der Waals surface area contributed by atoms with Crippen LogP contribution in [0.5, 0.6) is 17.2 Å². The molecule has 9 rings (SSSR count). The normalized spacial score (nSPS) is 24.2. The highest BCUT2D eigenvalue weighted by atomic mass is 35.5. The molecule has 6 atom stereocenters. The van der Waals surface area contributed by atoms with Crippen molar-refractivity contribution in [2.45, 2.75) is 30.8 Å². The second kappa shape index (κ2) is 16.2. The highest BCUT2D eigenvalue weighted by Gasteiger charge is 2.71. The molecule has 3 heterocycles. The molecule has 12 nitrogen and oxygen atoms in total. The number of methoxy groups -OCH3 is 3. The maximum absolute atomic E-state index is 15.4. The number of hydrogen-bond acceptors (Lipinski definition) is 10. The zero-order chi connectivity index (χ0) is 43.4. The van der Waals surface area contributed by atoms with Gasteiger partial charge in [-0.3, -0.25) is 29.5 Å². The van der Waals surface area contributed by atoms with Crippen LogP contribution in [-0.4, -0.2) is 55.1 Å². The molecule has 1 saturated carbocycles. The van der Waals surface area contributed by atoms with Crippen molar-refractivity contribution in [3.05, 3.63) is 147 Å². The number of allylic oxidation sites excluding steroid dienone is 2. The first-order valence-electron chi connectivity index (χ1n) is 20.0. The van der Waals surface area contributed by atoms with E-state index in [4.69, 9.17) is 41.8 Å². The first-order valence-corrected chi connectivity index (χ1v) is 20.8. The molecular formula is C48H41Cl2N3O9. The van der Waals surface area contributed by atoms with Crippen LogP contribution >= 0.6 is 23.2 Å². The number of hydrogen-bond donors (Lipinski definition) is 2. The molecule has 1 aromatic heterocycles. The third kappa shape index (κ3) is 6.56. The van der Waals surface area contributed by atoms with Crippen LogP contribution in [0.3, 0.4) is 0 Å². The summed E-state index contributed by atoms with van der Waals surface area (Å²) in [6.45, 7) is -0.403. The van der Waals surface area contributed by atoms with Crippen LogP contribution in [0.1, 0.15) is 47.0 Å². The van der Waals surface area contributed by atoms with Crippen LogP contribution in [-0.2, 0) is 31.2 Å². The number of amides is 4. The summed E-state index contributed by atoms with van der Waals surface area (Å²) in [4.78, 5) is 60.8. The average molecular weight is 875 g/mol. The van der Waals surface area contributed by atoms with Crippen molar-refractivity contribution in [3.63, 3.8) is 0 Å². The fraction of sp³-hybridized carbons (Fsp3) is 0.250. The SMILES string of the molecule is COc1ccc([C@@]23C(=O)N(Nc4ccc(Cl)cc4Cl)C(=O)[C@@H]2C[C@@H]2C(=CC[C@@H]4C(=O)N(c5ccc(C=Cc6cc(OC)ccc6OC)cc5)C(=O)[C@@H]42)[C@@H]3c2ccc(CO)o2)cc1. The molecule has 3 fully saturated rings. The molecule has 0 spiro atoms. The molecule has 4 aromatic carbocycles. The number of hydrazine groups is 1. The lowest BCUT2D eigenvalue weighted by Crippen LogP contribution is -2.53. The van der Waals surface area contributed by atoms with Crippen molar-refractivity contribution < 1.29 is 42.9 Å². The quantitative estimate of drug-likeness (QED) is 0.0753. The Morgan fingerprint density at radius 3 is 2.23 bits per heavy atom. The molecule has 0 radical (unpaired) electrons. The summed E-state index contributed by atoms with van der Waals surface area (Å²) in [5.74, 6) is -3.45. The molecule has 0 unspecified atom stereocenters. The molecule has 2 N–H and O–H groups in total. The summed E-state index contributed by atoms with van der Waals surface area (Å²) in [6.07, 6.45) is 6.04. The lowest BCUT2D eigenvalue weighted by atomic mass is 9.50. The second-order valence-corrected chi connectivity index (χ2v) is 16.6. The lowest BCUT2D eigenvalue weighted by Gasteiger charge is -2.49. The Morgan fingerprint density at radius 2 is 1.55 bits per heavy atom. The number of rotatable bonds is 11. The van der Waals surface area contributed by atoms with Crippen molar-refractivity contribution in [2.75, 3.05) is 31.7 Å². The van der Waals surface area contributed by atoms with Crippen LogP contribution < -0.4 is 24.5 Å². The van der Waals surface area contributed by atoms with Gasteiger partial charge in [-0.15, -0.1) is 0 Å². The van der Waals surface area contributed by atoms with Crippen molar-refractivity contribution in [1.82, 2.24) is 5.01 Å². The minimum absolute atomic E-state index is 0.0739. The summed E-state index contributed by atoms with van der Waals surface area (Å²) < 4.78 is 22.7. The topological polar surface area (TPSA) is 148 Å². The number of aliphatic hydroxyl groups is 1. The number of benzene rings is 4. The van der Waals surface area contributed by atoms with Crippen LogP contribution in [0.4, 0.5) is 11.4 Å². The van der Waals surface area contributed by atoms with E-state index in [1.807, 2.05) is 48.6 Å². The Kier molecular flexibility index (Phi) is 10.7. The standard InChI is InChI=1S/C48H41Cl2N3O9/c1-59-31-13-8-28(9-14-31)48-37(45(56)53(47(48)58)51-39-19-10-29(49)23-38(39)50)24-36-34(43(48)41-21-16-33(25-54)62-41)17-18-35-42(36)46(57)52(44(35)55)30-11-5-26(6-12-30)4-7-27-22-32(60-2)15-20-40(27)61-3/h4-17,19-23,35-37,42-43,51,54H,18,24-25H2,1-3H3/t35-,36+,37-,42-,43+,48+/m0/s1. The van der Waals surface area contributed by atoms with Gasteiger partial charge in [-0.25, -0.2) is 0 Å². The van der Waals surface area contributed by atoms with Gasteiger partial charge in [0.25, 0.3) is 11.8 Å². The number of carbonyl (C=O) groups is 4. The minimum atomic E-state index is -1.60.